The second-order valence-corrected chi connectivity index (χ2v) is 4.33. The number of benzene rings is 1. The van der Waals surface area contributed by atoms with Gasteiger partial charge in [0.1, 0.15) is 0 Å². The topological polar surface area (TPSA) is 81.2 Å². The van der Waals surface area contributed by atoms with Crippen LogP contribution >= 0.6 is 0 Å². The zero-order chi connectivity index (χ0) is 14.8. The van der Waals surface area contributed by atoms with Gasteiger partial charge in [-0.15, -0.1) is 0 Å². The van der Waals surface area contributed by atoms with Crippen LogP contribution in [0.3, 0.4) is 0 Å². The molecule has 20 heavy (non-hydrogen) atoms. The van der Waals surface area contributed by atoms with Crippen molar-refractivity contribution in [1.82, 2.24) is 10.3 Å². The molecule has 0 aliphatic carbocycles. The van der Waals surface area contributed by atoms with E-state index in [-0.39, 0.29) is 23.9 Å². The molecule has 0 saturated heterocycles. The number of carbonyl (C=O) groups is 1. The first-order valence-electron chi connectivity index (χ1n) is 5.83. The normalized spacial score (nSPS) is 11.3. The Morgan fingerprint density at radius 2 is 2.25 bits per heavy atom. The summed E-state index contributed by atoms with van der Waals surface area (Å²) in [5.41, 5.74) is 5.71. The number of nitrogens with two attached hydrogens (primary N) is 1. The van der Waals surface area contributed by atoms with E-state index in [9.17, 15) is 13.6 Å². The summed E-state index contributed by atoms with van der Waals surface area (Å²) in [5.74, 6) is -3.46. The minimum absolute atomic E-state index is 0.0283. The number of amides is 1. The van der Waals surface area contributed by atoms with Gasteiger partial charge in [0.25, 0.3) is 17.8 Å². The summed E-state index contributed by atoms with van der Waals surface area (Å²) in [5, 5.41) is 2.53. The predicted molar refractivity (Wildman–Crippen MR) is 68.1 cm³/mol. The molecule has 1 aromatic heterocycles. The Kier molecular flexibility index (Phi) is 3.69. The second kappa shape index (κ2) is 5.28. The smallest absolute Gasteiger partial charge is 0.292 e. The van der Waals surface area contributed by atoms with Crippen molar-refractivity contribution in [2.45, 2.75) is 19.4 Å². The molecule has 0 aliphatic heterocycles. The Balaban J connectivity index is 2.02. The van der Waals surface area contributed by atoms with E-state index in [2.05, 4.69) is 10.3 Å². The molecule has 7 heteroatoms. The first-order valence-corrected chi connectivity index (χ1v) is 5.83. The molecule has 1 aromatic carbocycles. The third kappa shape index (κ3) is 3.31. The highest BCUT2D eigenvalue weighted by Crippen LogP contribution is 2.27. The van der Waals surface area contributed by atoms with Crippen LogP contribution in [-0.4, -0.2) is 10.9 Å². The molecule has 2 aromatic rings. The molecule has 5 nitrogen and oxygen atoms in total. The summed E-state index contributed by atoms with van der Waals surface area (Å²) < 4.78 is 31.2. The van der Waals surface area contributed by atoms with Gasteiger partial charge in [0.15, 0.2) is 0 Å². The Morgan fingerprint density at radius 3 is 2.85 bits per heavy atom. The van der Waals surface area contributed by atoms with Crippen LogP contribution in [0.1, 0.15) is 28.6 Å². The van der Waals surface area contributed by atoms with Gasteiger partial charge >= 0.3 is 0 Å². The van der Waals surface area contributed by atoms with Gasteiger partial charge in [-0.25, -0.2) is 13.8 Å². The fourth-order valence-electron chi connectivity index (χ4n) is 1.62. The van der Waals surface area contributed by atoms with Crippen molar-refractivity contribution in [1.29, 1.82) is 0 Å². The number of aromatic nitrogens is 1. The first kappa shape index (κ1) is 14.0. The lowest BCUT2D eigenvalue weighted by Gasteiger charge is -2.12. The molecule has 0 bridgehead atoms. The molecule has 1 heterocycles. The van der Waals surface area contributed by atoms with Gasteiger partial charge in [0, 0.05) is 19.0 Å². The average molecular weight is 281 g/mol. The fourth-order valence-corrected chi connectivity index (χ4v) is 1.62. The number of carbonyl (C=O) groups excluding carboxylic acids is 1. The number of hydrogen-bond donors (Lipinski definition) is 2. The number of anilines is 1. The predicted octanol–water partition coefficient (Wildman–Crippen LogP) is 2.30. The highest BCUT2D eigenvalue weighted by atomic mass is 19.3. The van der Waals surface area contributed by atoms with E-state index in [0.717, 1.165) is 6.92 Å². The highest BCUT2D eigenvalue weighted by molar-refractivity contribution is 5.91. The van der Waals surface area contributed by atoms with Gasteiger partial charge in [0.05, 0.1) is 6.20 Å². The van der Waals surface area contributed by atoms with E-state index in [1.807, 2.05) is 0 Å². The van der Waals surface area contributed by atoms with Crippen molar-refractivity contribution in [2.24, 2.45) is 0 Å². The van der Waals surface area contributed by atoms with E-state index >= 15 is 0 Å². The van der Waals surface area contributed by atoms with Crippen LogP contribution in [0.15, 0.2) is 34.9 Å². The van der Waals surface area contributed by atoms with Crippen LogP contribution < -0.4 is 11.1 Å². The Morgan fingerprint density at radius 1 is 1.50 bits per heavy atom. The molecule has 106 valence electrons. The monoisotopic (exact) mass is 281 g/mol. The lowest BCUT2D eigenvalue weighted by molar-refractivity contribution is 0.0174. The van der Waals surface area contributed by atoms with Gasteiger partial charge in [-0.2, -0.15) is 0 Å². The molecule has 2 rings (SSSR count). The largest absolute Gasteiger partial charge is 0.418 e. The van der Waals surface area contributed by atoms with Crippen LogP contribution in [0.4, 0.5) is 14.8 Å². The third-order valence-electron chi connectivity index (χ3n) is 2.63. The fraction of sp³-hybridized carbons (Fsp3) is 0.231. The standard InChI is InChI=1S/C13H13F2N3O2/c1-13(14,15)9-4-2-3-8(5-9)6-17-11(19)10-7-18-12(16)20-10/h2-5,7H,6H2,1H3,(H2,16,18)(H,17,19). The van der Waals surface area contributed by atoms with Crippen LogP contribution in [0.25, 0.3) is 0 Å². The molecule has 1 amide bonds. The molecule has 0 spiro atoms. The molecular weight excluding hydrogens is 268 g/mol. The van der Waals surface area contributed by atoms with Crippen LogP contribution in [0.2, 0.25) is 0 Å². The molecule has 0 radical (unpaired) electrons. The van der Waals surface area contributed by atoms with Crippen molar-refractivity contribution in [3.63, 3.8) is 0 Å². The quantitative estimate of drug-likeness (QED) is 0.901. The Labute approximate surface area is 113 Å². The zero-order valence-corrected chi connectivity index (χ0v) is 10.7. The molecule has 0 aliphatic rings. The van der Waals surface area contributed by atoms with Crippen molar-refractivity contribution >= 4 is 11.9 Å². The van der Waals surface area contributed by atoms with Crippen molar-refractivity contribution in [3.8, 4) is 0 Å². The van der Waals surface area contributed by atoms with E-state index in [1.165, 1.54) is 24.4 Å². The van der Waals surface area contributed by atoms with Gasteiger partial charge in [-0.3, -0.25) is 4.79 Å². The number of rotatable bonds is 4. The zero-order valence-electron chi connectivity index (χ0n) is 10.7. The maximum atomic E-state index is 13.2. The third-order valence-corrected chi connectivity index (χ3v) is 2.63. The first-order chi connectivity index (χ1) is 9.36. The van der Waals surface area contributed by atoms with E-state index < -0.39 is 11.8 Å². The maximum Gasteiger partial charge on any atom is 0.292 e. The van der Waals surface area contributed by atoms with Crippen molar-refractivity contribution < 1.29 is 18.0 Å². The number of oxazole rings is 1. The Bertz CT molecular complexity index is 620. The number of nitrogen functional groups attached to an aromatic ring is 1. The number of alkyl halides is 2. The van der Waals surface area contributed by atoms with Crippen molar-refractivity contribution in [2.75, 3.05) is 5.73 Å². The number of nitrogens with zero attached hydrogens (tertiary/aromatic N) is 1. The van der Waals surface area contributed by atoms with Crippen LogP contribution in [-0.2, 0) is 12.5 Å². The number of hydrogen-bond acceptors (Lipinski definition) is 4. The molecule has 0 fully saturated rings. The average Bonchev–Trinajstić information content (AvgIpc) is 2.82. The van der Waals surface area contributed by atoms with Crippen molar-refractivity contribution in [3.05, 3.63) is 47.3 Å². The summed E-state index contributed by atoms with van der Waals surface area (Å²) in [6.07, 6.45) is 1.20. The van der Waals surface area contributed by atoms with Gasteiger partial charge in [-0.05, 0) is 11.6 Å². The minimum Gasteiger partial charge on any atom is -0.418 e. The van der Waals surface area contributed by atoms with Crippen LogP contribution in [0.5, 0.6) is 0 Å². The number of nitrogens with one attached hydrogen (secondary N) is 1. The second-order valence-electron chi connectivity index (χ2n) is 4.33. The summed E-state index contributed by atoms with van der Waals surface area (Å²) >= 11 is 0. The van der Waals surface area contributed by atoms with E-state index in [1.54, 1.807) is 6.07 Å². The van der Waals surface area contributed by atoms with Gasteiger partial charge in [-0.1, -0.05) is 18.2 Å². The Hall–Kier alpha value is -2.44. The van der Waals surface area contributed by atoms with E-state index in [0.29, 0.717) is 5.56 Å². The SMILES string of the molecule is CC(F)(F)c1cccc(CNC(=O)c2cnc(N)o2)c1. The van der Waals surface area contributed by atoms with Gasteiger partial charge in [0.2, 0.25) is 5.76 Å². The summed E-state index contributed by atoms with van der Waals surface area (Å²) in [4.78, 5) is 15.3. The summed E-state index contributed by atoms with van der Waals surface area (Å²) in [6, 6.07) is 5.73. The lowest BCUT2D eigenvalue weighted by Crippen LogP contribution is -2.22. The molecular formula is C13H13F2N3O2. The molecule has 3 N–H and O–H groups in total. The molecule has 0 atom stereocenters. The van der Waals surface area contributed by atoms with Gasteiger partial charge < -0.3 is 15.5 Å². The minimum atomic E-state index is -2.92. The highest BCUT2D eigenvalue weighted by Gasteiger charge is 2.24. The molecule has 0 unspecified atom stereocenters. The maximum absolute atomic E-state index is 13.2. The van der Waals surface area contributed by atoms with E-state index in [4.69, 9.17) is 10.2 Å². The molecule has 0 saturated carbocycles. The van der Waals surface area contributed by atoms with Crippen LogP contribution in [0, 0.1) is 0 Å². The summed E-state index contributed by atoms with van der Waals surface area (Å²) in [6.45, 7) is 0.922. The number of halogens is 2. The summed E-state index contributed by atoms with van der Waals surface area (Å²) in [7, 11) is 0. The lowest BCUT2D eigenvalue weighted by atomic mass is 10.1.